The lowest BCUT2D eigenvalue weighted by molar-refractivity contribution is -0.127. The van der Waals surface area contributed by atoms with Crippen LogP contribution in [0.25, 0.3) is 0 Å². The smallest absolute Gasteiger partial charge is 0.234 e. The molecule has 96 valence electrons. The number of unbranched alkanes of at least 4 members (excludes halogenated alkanes) is 2. The van der Waals surface area contributed by atoms with Gasteiger partial charge in [-0.05, 0) is 19.4 Å². The van der Waals surface area contributed by atoms with Gasteiger partial charge in [-0.1, -0.05) is 19.8 Å². The second-order valence-corrected chi connectivity index (χ2v) is 5.53. The fraction of sp³-hybridized carbons (Fsp3) is 0.909. The number of carbonyl (C=O) groups is 1. The van der Waals surface area contributed by atoms with Crippen molar-refractivity contribution in [2.75, 3.05) is 31.6 Å². The summed E-state index contributed by atoms with van der Waals surface area (Å²) in [4.78, 5) is 13.2. The Balaban J connectivity index is 3.72. The van der Waals surface area contributed by atoms with E-state index in [0.29, 0.717) is 18.8 Å². The zero-order valence-electron chi connectivity index (χ0n) is 10.4. The molecule has 1 unspecified atom stereocenters. The van der Waals surface area contributed by atoms with Crippen LogP contribution in [0.4, 0.5) is 0 Å². The summed E-state index contributed by atoms with van der Waals surface area (Å²) in [6, 6.07) is 0. The van der Waals surface area contributed by atoms with E-state index in [-0.39, 0.29) is 11.7 Å². The number of carbonyl (C=O) groups excluding carboxylic acids is 1. The molecule has 0 aromatic heterocycles. The molecule has 0 saturated carbocycles. The van der Waals surface area contributed by atoms with Crippen molar-refractivity contribution in [1.82, 2.24) is 4.90 Å². The largest absolute Gasteiger partial charge is 0.345 e. The fourth-order valence-electron chi connectivity index (χ4n) is 1.29. The molecule has 0 rings (SSSR count). The summed E-state index contributed by atoms with van der Waals surface area (Å²) in [5.74, 6) is 0.762. The van der Waals surface area contributed by atoms with Crippen LogP contribution in [0.5, 0.6) is 0 Å². The third kappa shape index (κ3) is 7.82. The summed E-state index contributed by atoms with van der Waals surface area (Å²) in [6.07, 6.45) is 3.94. The SMILES string of the molecule is CCCCCS(=O)CC(=O)N(C)CCCN. The molecule has 0 aliphatic heterocycles. The van der Waals surface area contributed by atoms with E-state index in [1.54, 1.807) is 11.9 Å². The Morgan fingerprint density at radius 1 is 1.31 bits per heavy atom. The van der Waals surface area contributed by atoms with Crippen molar-refractivity contribution >= 4 is 16.7 Å². The first-order valence-electron chi connectivity index (χ1n) is 5.90. The van der Waals surface area contributed by atoms with E-state index < -0.39 is 10.8 Å². The number of rotatable bonds is 9. The Bertz CT molecular complexity index is 222. The van der Waals surface area contributed by atoms with E-state index in [9.17, 15) is 9.00 Å². The van der Waals surface area contributed by atoms with E-state index in [1.165, 1.54) is 0 Å². The van der Waals surface area contributed by atoms with Crippen molar-refractivity contribution in [3.8, 4) is 0 Å². The maximum Gasteiger partial charge on any atom is 0.234 e. The summed E-state index contributed by atoms with van der Waals surface area (Å²) >= 11 is 0. The van der Waals surface area contributed by atoms with Gasteiger partial charge in [0.25, 0.3) is 0 Å². The monoisotopic (exact) mass is 248 g/mol. The highest BCUT2D eigenvalue weighted by molar-refractivity contribution is 7.85. The quantitative estimate of drug-likeness (QED) is 0.612. The van der Waals surface area contributed by atoms with Crippen molar-refractivity contribution in [2.45, 2.75) is 32.6 Å². The van der Waals surface area contributed by atoms with Gasteiger partial charge < -0.3 is 10.6 Å². The summed E-state index contributed by atoms with van der Waals surface area (Å²) < 4.78 is 11.5. The second kappa shape index (κ2) is 9.78. The molecule has 0 spiro atoms. The van der Waals surface area contributed by atoms with Crippen molar-refractivity contribution in [3.63, 3.8) is 0 Å². The lowest BCUT2D eigenvalue weighted by atomic mass is 10.3. The Labute approximate surface area is 101 Å². The standard InChI is InChI=1S/C11H24N2O2S/c1-3-4-5-9-16(15)10-11(14)13(2)8-6-7-12/h3-10,12H2,1-2H3. The molecular formula is C11H24N2O2S. The molecule has 4 nitrogen and oxygen atoms in total. The van der Waals surface area contributed by atoms with Gasteiger partial charge in [0.1, 0.15) is 5.75 Å². The number of hydrogen-bond acceptors (Lipinski definition) is 3. The molecular weight excluding hydrogens is 224 g/mol. The Morgan fingerprint density at radius 2 is 2.00 bits per heavy atom. The molecule has 1 amide bonds. The number of nitrogens with zero attached hydrogens (tertiary/aromatic N) is 1. The van der Waals surface area contributed by atoms with Gasteiger partial charge in [-0.3, -0.25) is 9.00 Å². The van der Waals surface area contributed by atoms with Crippen LogP contribution in [0.3, 0.4) is 0 Å². The molecule has 0 bridgehead atoms. The van der Waals surface area contributed by atoms with E-state index in [1.807, 2.05) is 0 Å². The minimum atomic E-state index is -1.00. The minimum Gasteiger partial charge on any atom is -0.345 e. The van der Waals surface area contributed by atoms with Crippen molar-refractivity contribution in [1.29, 1.82) is 0 Å². The minimum absolute atomic E-state index is 0.0386. The average Bonchev–Trinajstić information content (AvgIpc) is 2.26. The van der Waals surface area contributed by atoms with Crippen LogP contribution in [0.1, 0.15) is 32.6 Å². The highest BCUT2D eigenvalue weighted by atomic mass is 32.2. The van der Waals surface area contributed by atoms with Gasteiger partial charge in [-0.2, -0.15) is 0 Å². The first-order chi connectivity index (χ1) is 7.61. The predicted molar refractivity (Wildman–Crippen MR) is 68.7 cm³/mol. The lowest BCUT2D eigenvalue weighted by Gasteiger charge is -2.16. The van der Waals surface area contributed by atoms with Gasteiger partial charge in [0, 0.05) is 30.1 Å². The molecule has 0 aliphatic rings. The third-order valence-electron chi connectivity index (χ3n) is 2.38. The van der Waals surface area contributed by atoms with Gasteiger partial charge in [-0.25, -0.2) is 0 Å². The zero-order valence-corrected chi connectivity index (χ0v) is 11.2. The maximum absolute atomic E-state index is 11.6. The molecule has 16 heavy (non-hydrogen) atoms. The summed E-state index contributed by atoms with van der Waals surface area (Å²) in [7, 11) is 0.737. The van der Waals surface area contributed by atoms with Crippen LogP contribution in [0.2, 0.25) is 0 Å². The van der Waals surface area contributed by atoms with Crippen molar-refractivity contribution in [3.05, 3.63) is 0 Å². The number of nitrogens with two attached hydrogens (primary N) is 1. The third-order valence-corrected chi connectivity index (χ3v) is 3.70. The first kappa shape index (κ1) is 15.6. The van der Waals surface area contributed by atoms with Gasteiger partial charge in [-0.15, -0.1) is 0 Å². The van der Waals surface area contributed by atoms with E-state index >= 15 is 0 Å². The van der Waals surface area contributed by atoms with E-state index in [4.69, 9.17) is 5.73 Å². The number of hydrogen-bond donors (Lipinski definition) is 1. The first-order valence-corrected chi connectivity index (χ1v) is 7.39. The Hall–Kier alpha value is -0.420. The highest BCUT2D eigenvalue weighted by Gasteiger charge is 2.11. The molecule has 5 heteroatoms. The van der Waals surface area contributed by atoms with Crippen molar-refractivity contribution < 1.29 is 9.00 Å². The van der Waals surface area contributed by atoms with Crippen LogP contribution in [0, 0.1) is 0 Å². The maximum atomic E-state index is 11.6. The van der Waals surface area contributed by atoms with Crippen LogP contribution >= 0.6 is 0 Å². The number of amides is 1. The summed E-state index contributed by atoms with van der Waals surface area (Å²) in [6.45, 7) is 3.34. The topological polar surface area (TPSA) is 63.4 Å². The van der Waals surface area contributed by atoms with Gasteiger partial charge in [0.05, 0.1) is 0 Å². The predicted octanol–water partition coefficient (Wildman–Crippen LogP) is 0.733. The zero-order chi connectivity index (χ0) is 12.4. The molecule has 0 fully saturated rings. The fourth-order valence-corrected chi connectivity index (χ4v) is 2.45. The van der Waals surface area contributed by atoms with Crippen LogP contribution < -0.4 is 5.73 Å². The average molecular weight is 248 g/mol. The van der Waals surface area contributed by atoms with E-state index in [0.717, 1.165) is 25.7 Å². The second-order valence-electron chi connectivity index (χ2n) is 3.95. The van der Waals surface area contributed by atoms with Crippen LogP contribution in [0.15, 0.2) is 0 Å². The molecule has 1 atom stereocenters. The van der Waals surface area contributed by atoms with Crippen molar-refractivity contribution in [2.24, 2.45) is 5.73 Å². The normalized spacial score (nSPS) is 12.4. The Morgan fingerprint density at radius 3 is 2.56 bits per heavy atom. The van der Waals surface area contributed by atoms with Gasteiger partial charge in [0.15, 0.2) is 0 Å². The summed E-state index contributed by atoms with van der Waals surface area (Å²) in [5, 5.41) is 0. The highest BCUT2D eigenvalue weighted by Crippen LogP contribution is 1.98. The molecule has 0 radical (unpaired) electrons. The lowest BCUT2D eigenvalue weighted by Crippen LogP contribution is -2.33. The molecule has 0 saturated heterocycles. The molecule has 0 aromatic carbocycles. The Kier molecular flexibility index (Phi) is 9.52. The van der Waals surface area contributed by atoms with Crippen LogP contribution in [-0.4, -0.2) is 46.7 Å². The molecule has 0 aliphatic carbocycles. The van der Waals surface area contributed by atoms with E-state index in [2.05, 4.69) is 6.92 Å². The molecule has 0 aromatic rings. The summed E-state index contributed by atoms with van der Waals surface area (Å²) in [5.41, 5.74) is 5.36. The van der Waals surface area contributed by atoms with Gasteiger partial charge >= 0.3 is 0 Å². The van der Waals surface area contributed by atoms with Gasteiger partial charge in [0.2, 0.25) is 5.91 Å². The molecule has 0 heterocycles. The molecule has 2 N–H and O–H groups in total. The van der Waals surface area contributed by atoms with Crippen LogP contribution in [-0.2, 0) is 15.6 Å².